The molecule has 1 fully saturated rings. The number of nitrogens with two attached hydrogens (primary N) is 1. The maximum atomic E-state index is 11.9. The van der Waals surface area contributed by atoms with Crippen LogP contribution in [0.3, 0.4) is 0 Å². The SMILES string of the molecule is CC(C)C(=O)NCCNC(=O)C1(N)CCOCC1. The predicted molar refractivity (Wildman–Crippen MR) is 67.8 cm³/mol. The van der Waals surface area contributed by atoms with Crippen molar-refractivity contribution in [1.82, 2.24) is 10.6 Å². The highest BCUT2D eigenvalue weighted by Gasteiger charge is 2.35. The maximum absolute atomic E-state index is 11.9. The molecule has 1 saturated heterocycles. The average Bonchev–Trinajstić information content (AvgIpc) is 2.34. The Morgan fingerprint density at radius 1 is 1.22 bits per heavy atom. The first kappa shape index (κ1) is 14.9. The molecule has 2 amide bonds. The van der Waals surface area contributed by atoms with E-state index in [1.807, 2.05) is 13.8 Å². The standard InChI is InChI=1S/C12H23N3O3/c1-9(2)10(16)14-5-6-15-11(17)12(13)3-7-18-8-4-12/h9H,3-8,13H2,1-2H3,(H,14,16)(H,15,17). The lowest BCUT2D eigenvalue weighted by Gasteiger charge is -2.31. The van der Waals surface area contributed by atoms with Gasteiger partial charge >= 0.3 is 0 Å². The van der Waals surface area contributed by atoms with Crippen LogP contribution in [0.15, 0.2) is 0 Å². The molecule has 104 valence electrons. The minimum atomic E-state index is -0.819. The highest BCUT2D eigenvalue weighted by Crippen LogP contribution is 2.17. The molecule has 0 radical (unpaired) electrons. The van der Waals surface area contributed by atoms with E-state index in [0.29, 0.717) is 39.1 Å². The summed E-state index contributed by atoms with van der Waals surface area (Å²) in [6, 6.07) is 0. The van der Waals surface area contributed by atoms with Gasteiger partial charge in [0.2, 0.25) is 11.8 Å². The molecular formula is C12H23N3O3. The molecule has 6 nitrogen and oxygen atoms in total. The Morgan fingerprint density at radius 2 is 1.78 bits per heavy atom. The van der Waals surface area contributed by atoms with Crippen LogP contribution >= 0.6 is 0 Å². The first-order chi connectivity index (χ1) is 8.46. The van der Waals surface area contributed by atoms with Gasteiger partial charge in [-0.2, -0.15) is 0 Å². The van der Waals surface area contributed by atoms with Crippen LogP contribution in [0.1, 0.15) is 26.7 Å². The van der Waals surface area contributed by atoms with Crippen LogP contribution < -0.4 is 16.4 Å². The lowest BCUT2D eigenvalue weighted by atomic mass is 9.90. The van der Waals surface area contributed by atoms with Crippen LogP contribution in [-0.2, 0) is 14.3 Å². The molecule has 0 atom stereocenters. The molecular weight excluding hydrogens is 234 g/mol. The molecule has 0 spiro atoms. The molecule has 1 heterocycles. The van der Waals surface area contributed by atoms with Crippen molar-refractivity contribution in [2.24, 2.45) is 11.7 Å². The largest absolute Gasteiger partial charge is 0.381 e. The molecule has 0 aromatic carbocycles. The zero-order valence-electron chi connectivity index (χ0n) is 11.1. The summed E-state index contributed by atoms with van der Waals surface area (Å²) in [5, 5.41) is 5.49. The van der Waals surface area contributed by atoms with Gasteiger partial charge in [0.25, 0.3) is 0 Å². The summed E-state index contributed by atoms with van der Waals surface area (Å²) in [7, 11) is 0. The number of hydrogen-bond donors (Lipinski definition) is 3. The number of rotatable bonds is 5. The molecule has 1 rings (SSSR count). The van der Waals surface area contributed by atoms with Gasteiger partial charge in [-0.15, -0.1) is 0 Å². The van der Waals surface area contributed by atoms with Gasteiger partial charge in [0, 0.05) is 32.2 Å². The van der Waals surface area contributed by atoms with Gasteiger partial charge in [-0.05, 0) is 12.8 Å². The third-order valence-electron chi connectivity index (χ3n) is 3.07. The van der Waals surface area contributed by atoms with Crippen LogP contribution in [0, 0.1) is 5.92 Å². The molecule has 0 aliphatic carbocycles. The molecule has 18 heavy (non-hydrogen) atoms. The first-order valence-corrected chi connectivity index (χ1v) is 6.38. The van der Waals surface area contributed by atoms with Gasteiger partial charge in [0.1, 0.15) is 0 Å². The lowest BCUT2D eigenvalue weighted by molar-refractivity contribution is -0.130. The smallest absolute Gasteiger partial charge is 0.240 e. The molecule has 6 heteroatoms. The van der Waals surface area contributed by atoms with Gasteiger partial charge in [0.15, 0.2) is 0 Å². The number of amides is 2. The van der Waals surface area contributed by atoms with Crippen molar-refractivity contribution in [2.75, 3.05) is 26.3 Å². The van der Waals surface area contributed by atoms with Crippen LogP contribution in [0.5, 0.6) is 0 Å². The summed E-state index contributed by atoms with van der Waals surface area (Å²) in [6.07, 6.45) is 1.08. The summed E-state index contributed by atoms with van der Waals surface area (Å²) in [6.45, 7) is 5.52. The monoisotopic (exact) mass is 257 g/mol. The molecule has 0 aromatic rings. The fourth-order valence-corrected chi connectivity index (χ4v) is 1.70. The van der Waals surface area contributed by atoms with Crippen LogP contribution in [-0.4, -0.2) is 43.7 Å². The summed E-state index contributed by atoms with van der Waals surface area (Å²) in [4.78, 5) is 23.2. The van der Waals surface area contributed by atoms with E-state index < -0.39 is 5.54 Å². The van der Waals surface area contributed by atoms with Crippen molar-refractivity contribution in [3.05, 3.63) is 0 Å². The van der Waals surface area contributed by atoms with E-state index in [2.05, 4.69) is 10.6 Å². The Labute approximate surface area is 108 Å². The zero-order valence-corrected chi connectivity index (χ0v) is 11.1. The second-order valence-electron chi connectivity index (χ2n) is 4.97. The topological polar surface area (TPSA) is 93.5 Å². The van der Waals surface area contributed by atoms with Gasteiger partial charge in [0.05, 0.1) is 5.54 Å². The highest BCUT2D eigenvalue weighted by atomic mass is 16.5. The van der Waals surface area contributed by atoms with Crippen molar-refractivity contribution in [2.45, 2.75) is 32.2 Å². The van der Waals surface area contributed by atoms with Crippen molar-refractivity contribution in [3.8, 4) is 0 Å². The van der Waals surface area contributed by atoms with Crippen molar-refractivity contribution in [3.63, 3.8) is 0 Å². The normalized spacial score (nSPS) is 18.4. The van der Waals surface area contributed by atoms with Crippen molar-refractivity contribution in [1.29, 1.82) is 0 Å². The molecule has 0 saturated carbocycles. The minimum Gasteiger partial charge on any atom is -0.381 e. The van der Waals surface area contributed by atoms with E-state index in [0.717, 1.165) is 0 Å². The molecule has 1 aliphatic heterocycles. The summed E-state index contributed by atoms with van der Waals surface area (Å²) < 4.78 is 5.18. The fourth-order valence-electron chi connectivity index (χ4n) is 1.70. The van der Waals surface area contributed by atoms with Crippen LogP contribution in [0.25, 0.3) is 0 Å². The molecule has 1 aliphatic rings. The Balaban J connectivity index is 2.22. The predicted octanol–water partition coefficient (Wildman–Crippen LogP) is -0.617. The van der Waals surface area contributed by atoms with Gasteiger partial charge in [-0.3, -0.25) is 9.59 Å². The number of carbonyl (C=O) groups is 2. The average molecular weight is 257 g/mol. The number of carbonyl (C=O) groups excluding carboxylic acids is 2. The summed E-state index contributed by atoms with van der Waals surface area (Å²) in [5.41, 5.74) is 5.19. The summed E-state index contributed by atoms with van der Waals surface area (Å²) in [5.74, 6) is -0.223. The third kappa shape index (κ3) is 4.27. The quantitative estimate of drug-likeness (QED) is 0.572. The first-order valence-electron chi connectivity index (χ1n) is 6.38. The third-order valence-corrected chi connectivity index (χ3v) is 3.07. The minimum absolute atomic E-state index is 0.0159. The fraction of sp³-hybridized carbons (Fsp3) is 0.833. The van der Waals surface area contributed by atoms with E-state index in [-0.39, 0.29) is 17.7 Å². The van der Waals surface area contributed by atoms with Gasteiger partial charge in [-0.1, -0.05) is 13.8 Å². The van der Waals surface area contributed by atoms with Crippen molar-refractivity contribution >= 4 is 11.8 Å². The maximum Gasteiger partial charge on any atom is 0.240 e. The number of nitrogens with one attached hydrogen (secondary N) is 2. The van der Waals surface area contributed by atoms with E-state index in [1.165, 1.54) is 0 Å². The second-order valence-corrected chi connectivity index (χ2v) is 4.97. The van der Waals surface area contributed by atoms with E-state index in [1.54, 1.807) is 0 Å². The molecule has 0 unspecified atom stereocenters. The number of ether oxygens (including phenoxy) is 1. The number of hydrogen-bond acceptors (Lipinski definition) is 4. The molecule has 0 aromatic heterocycles. The Hall–Kier alpha value is -1.14. The zero-order chi connectivity index (χ0) is 13.6. The Morgan fingerprint density at radius 3 is 2.33 bits per heavy atom. The van der Waals surface area contributed by atoms with E-state index in [9.17, 15) is 9.59 Å². The Kier molecular flexibility index (Phi) is 5.55. The lowest BCUT2D eigenvalue weighted by Crippen LogP contribution is -2.57. The Bertz CT molecular complexity index is 299. The van der Waals surface area contributed by atoms with Gasteiger partial charge in [-0.25, -0.2) is 0 Å². The van der Waals surface area contributed by atoms with E-state index >= 15 is 0 Å². The van der Waals surface area contributed by atoms with E-state index in [4.69, 9.17) is 10.5 Å². The van der Waals surface area contributed by atoms with Crippen LogP contribution in [0.2, 0.25) is 0 Å². The second kappa shape index (κ2) is 6.70. The van der Waals surface area contributed by atoms with Crippen LogP contribution in [0.4, 0.5) is 0 Å². The van der Waals surface area contributed by atoms with Gasteiger partial charge < -0.3 is 21.1 Å². The van der Waals surface area contributed by atoms with Crippen molar-refractivity contribution < 1.29 is 14.3 Å². The summed E-state index contributed by atoms with van der Waals surface area (Å²) >= 11 is 0. The highest BCUT2D eigenvalue weighted by molar-refractivity contribution is 5.86. The molecule has 4 N–H and O–H groups in total. The molecule has 0 bridgehead atoms.